The molecule has 9 rings (SSSR count). The van der Waals surface area contributed by atoms with Crippen LogP contribution in [0.1, 0.15) is 0 Å². The van der Waals surface area contributed by atoms with Gasteiger partial charge in [0, 0.05) is 27.3 Å². The molecule has 7 heteroatoms. The number of rotatable bonds is 4. The molecule has 0 fully saturated rings. The minimum absolute atomic E-state index is 0.586. The van der Waals surface area contributed by atoms with Gasteiger partial charge < -0.3 is 0 Å². The molecule has 43 heavy (non-hydrogen) atoms. The minimum atomic E-state index is 0.586. The fourth-order valence-electron chi connectivity index (χ4n) is 6.25. The molecule has 0 aliphatic heterocycles. The van der Waals surface area contributed by atoms with Crippen LogP contribution in [0.5, 0.6) is 0 Å². The second-order valence-electron chi connectivity index (χ2n) is 10.5. The van der Waals surface area contributed by atoms with Crippen LogP contribution in [0.4, 0.5) is 0 Å². The first-order valence-corrected chi connectivity index (χ1v) is 14.9. The number of thiophene rings is 1. The van der Waals surface area contributed by atoms with Crippen LogP contribution in [-0.2, 0) is 0 Å². The summed E-state index contributed by atoms with van der Waals surface area (Å²) in [5.41, 5.74) is 8.42. The summed E-state index contributed by atoms with van der Waals surface area (Å²) in [6, 6.07) is 40.7. The van der Waals surface area contributed by atoms with Crippen molar-refractivity contribution in [1.29, 1.82) is 0 Å². The lowest BCUT2D eigenvalue weighted by Gasteiger charge is -2.09. The van der Waals surface area contributed by atoms with E-state index in [1.54, 1.807) is 24.0 Å². The molecular formula is C36H22N6S. The third-order valence-electron chi connectivity index (χ3n) is 8.08. The minimum Gasteiger partial charge on any atom is -0.278 e. The van der Waals surface area contributed by atoms with Gasteiger partial charge in [-0.15, -0.1) is 11.3 Å². The molecule has 0 aliphatic carbocycles. The molecule has 0 unspecified atom stereocenters. The zero-order valence-corrected chi connectivity index (χ0v) is 23.6. The lowest BCUT2D eigenvalue weighted by Crippen LogP contribution is -2.00. The van der Waals surface area contributed by atoms with Crippen molar-refractivity contribution in [3.8, 4) is 38.9 Å². The first-order chi connectivity index (χ1) is 21.3. The van der Waals surface area contributed by atoms with Gasteiger partial charge in [0.2, 0.25) is 5.95 Å². The fourth-order valence-corrected chi connectivity index (χ4v) is 6.98. The highest BCUT2D eigenvalue weighted by Crippen LogP contribution is 2.42. The van der Waals surface area contributed by atoms with E-state index in [2.05, 4.69) is 139 Å². The van der Waals surface area contributed by atoms with Crippen LogP contribution in [0.15, 0.2) is 133 Å². The van der Waals surface area contributed by atoms with Gasteiger partial charge in [-0.25, -0.2) is 19.5 Å². The molecule has 6 nitrogen and oxygen atoms in total. The SMILES string of the molecule is c1ccc(-c2c(-c3ccc4c5ccccc5n(-c5ncncn5)c4c3)nn3c(-c4cccs4)cc4ccccc4c23)cc1. The topological polar surface area (TPSA) is 60.9 Å². The van der Waals surface area contributed by atoms with Gasteiger partial charge >= 0.3 is 0 Å². The average Bonchev–Trinajstić information content (AvgIpc) is 3.82. The molecule has 0 bridgehead atoms. The van der Waals surface area contributed by atoms with Crippen LogP contribution in [0.3, 0.4) is 0 Å². The second-order valence-corrected chi connectivity index (χ2v) is 11.4. The first-order valence-electron chi connectivity index (χ1n) is 14.0. The Hall–Kier alpha value is -5.66. The van der Waals surface area contributed by atoms with Crippen molar-refractivity contribution in [2.45, 2.75) is 0 Å². The Morgan fingerprint density at radius 3 is 2.21 bits per heavy atom. The Balaban J connectivity index is 1.42. The van der Waals surface area contributed by atoms with Crippen LogP contribution in [0.25, 0.3) is 77.0 Å². The number of pyridine rings is 1. The van der Waals surface area contributed by atoms with E-state index in [0.29, 0.717) is 5.95 Å². The number of fused-ring (bicyclic) bond motifs is 6. The maximum atomic E-state index is 5.40. The Morgan fingerprint density at radius 2 is 1.37 bits per heavy atom. The highest BCUT2D eigenvalue weighted by atomic mass is 32.1. The number of nitrogens with zero attached hydrogens (tertiary/aromatic N) is 6. The molecule has 0 aliphatic rings. The predicted molar refractivity (Wildman–Crippen MR) is 175 cm³/mol. The van der Waals surface area contributed by atoms with E-state index in [0.717, 1.165) is 55.4 Å². The van der Waals surface area contributed by atoms with Crippen molar-refractivity contribution in [3.05, 3.63) is 133 Å². The van der Waals surface area contributed by atoms with Crippen molar-refractivity contribution >= 4 is 49.4 Å². The second kappa shape index (κ2) is 9.44. The quantitative estimate of drug-likeness (QED) is 0.212. The summed E-state index contributed by atoms with van der Waals surface area (Å²) in [4.78, 5) is 14.3. The summed E-state index contributed by atoms with van der Waals surface area (Å²) in [7, 11) is 0. The third-order valence-corrected chi connectivity index (χ3v) is 8.98. The van der Waals surface area contributed by atoms with Gasteiger partial charge in [-0.2, -0.15) is 5.10 Å². The number of hydrogen-bond acceptors (Lipinski definition) is 5. The van der Waals surface area contributed by atoms with Crippen molar-refractivity contribution in [2.75, 3.05) is 0 Å². The van der Waals surface area contributed by atoms with E-state index in [1.807, 2.05) is 6.07 Å². The smallest absolute Gasteiger partial charge is 0.237 e. The average molecular weight is 571 g/mol. The zero-order chi connectivity index (χ0) is 28.3. The summed E-state index contributed by atoms with van der Waals surface area (Å²) < 4.78 is 4.25. The van der Waals surface area contributed by atoms with E-state index in [9.17, 15) is 0 Å². The van der Waals surface area contributed by atoms with E-state index in [-0.39, 0.29) is 0 Å². The van der Waals surface area contributed by atoms with Gasteiger partial charge in [-0.1, -0.05) is 91.0 Å². The standard InChI is InChI=1S/C36H22N6S/c1-2-9-23(10-3-1)33-34(40-42-31(32-15-8-18-43-32)19-24-11-4-5-12-26(24)35(33)42)25-16-17-28-27-13-6-7-14-29(27)41(30(28)20-25)36-38-21-37-22-39-36/h1-22H. The molecule has 0 saturated heterocycles. The van der Waals surface area contributed by atoms with E-state index in [1.165, 1.54) is 15.6 Å². The Kier molecular flexibility index (Phi) is 5.27. The molecule has 0 radical (unpaired) electrons. The highest BCUT2D eigenvalue weighted by molar-refractivity contribution is 7.13. The molecule has 0 amide bonds. The van der Waals surface area contributed by atoms with E-state index < -0.39 is 0 Å². The normalized spacial score (nSPS) is 11.7. The van der Waals surface area contributed by atoms with Gasteiger partial charge in [0.25, 0.3) is 0 Å². The molecule has 0 saturated carbocycles. The summed E-state index contributed by atoms with van der Waals surface area (Å²) in [5, 5.41) is 12.2. The lowest BCUT2D eigenvalue weighted by atomic mass is 9.97. The largest absolute Gasteiger partial charge is 0.278 e. The Morgan fingerprint density at radius 1 is 0.605 bits per heavy atom. The van der Waals surface area contributed by atoms with Crippen molar-refractivity contribution in [1.82, 2.24) is 29.1 Å². The van der Waals surface area contributed by atoms with Gasteiger partial charge in [-0.3, -0.25) is 4.57 Å². The van der Waals surface area contributed by atoms with Crippen LogP contribution in [0, 0.1) is 0 Å². The predicted octanol–water partition coefficient (Wildman–Crippen LogP) is 8.83. The Labute approximate surface area is 250 Å². The van der Waals surface area contributed by atoms with Gasteiger partial charge in [0.15, 0.2) is 0 Å². The summed E-state index contributed by atoms with van der Waals surface area (Å²) >= 11 is 1.73. The van der Waals surface area contributed by atoms with E-state index in [4.69, 9.17) is 5.10 Å². The van der Waals surface area contributed by atoms with Crippen molar-refractivity contribution in [2.24, 2.45) is 0 Å². The molecule has 9 aromatic rings. The van der Waals surface area contributed by atoms with Crippen LogP contribution < -0.4 is 0 Å². The molecule has 4 aromatic carbocycles. The molecule has 5 heterocycles. The third kappa shape index (κ3) is 3.65. The van der Waals surface area contributed by atoms with Crippen molar-refractivity contribution in [3.63, 3.8) is 0 Å². The monoisotopic (exact) mass is 570 g/mol. The van der Waals surface area contributed by atoms with Gasteiger partial charge in [0.1, 0.15) is 18.3 Å². The molecule has 0 N–H and O–H groups in total. The molecule has 0 atom stereocenters. The highest BCUT2D eigenvalue weighted by Gasteiger charge is 2.23. The summed E-state index contributed by atoms with van der Waals surface area (Å²) in [6.45, 7) is 0. The number of hydrogen-bond donors (Lipinski definition) is 0. The first kappa shape index (κ1) is 24.0. The Bertz CT molecular complexity index is 2440. The number of benzene rings is 4. The molecule has 202 valence electrons. The lowest BCUT2D eigenvalue weighted by molar-refractivity contribution is 0.939. The maximum Gasteiger partial charge on any atom is 0.237 e. The summed E-state index contributed by atoms with van der Waals surface area (Å²) in [5.74, 6) is 0.586. The number of aromatic nitrogens is 6. The van der Waals surface area contributed by atoms with Gasteiger partial charge in [-0.05, 0) is 40.6 Å². The molecule has 5 aromatic heterocycles. The van der Waals surface area contributed by atoms with Crippen LogP contribution in [-0.4, -0.2) is 29.1 Å². The molecule has 0 spiro atoms. The van der Waals surface area contributed by atoms with E-state index >= 15 is 0 Å². The molecular weight excluding hydrogens is 549 g/mol. The van der Waals surface area contributed by atoms with Crippen molar-refractivity contribution < 1.29 is 0 Å². The fraction of sp³-hybridized carbons (Fsp3) is 0. The zero-order valence-electron chi connectivity index (χ0n) is 22.8. The number of para-hydroxylation sites is 1. The van der Waals surface area contributed by atoms with Gasteiger partial charge in [0.05, 0.1) is 27.1 Å². The van der Waals surface area contributed by atoms with Crippen LogP contribution in [0.2, 0.25) is 0 Å². The van der Waals surface area contributed by atoms with Crippen LogP contribution >= 0.6 is 11.3 Å². The summed E-state index contributed by atoms with van der Waals surface area (Å²) in [6.07, 6.45) is 3.08. The maximum absolute atomic E-state index is 5.40.